The Morgan fingerprint density at radius 3 is 2.68 bits per heavy atom. The Kier molecular flexibility index (Phi) is 5.04. The maximum atomic E-state index is 11.5. The lowest BCUT2D eigenvalue weighted by Gasteiger charge is -2.15. The molecule has 0 saturated carbocycles. The molecule has 1 N–H and O–H groups in total. The number of fused-ring (bicyclic) bond motifs is 1. The molecule has 0 aliphatic carbocycles. The second kappa shape index (κ2) is 7.78. The molecule has 2 aromatic carbocycles. The molecule has 2 aromatic heterocycles. The molecule has 0 fully saturated rings. The lowest BCUT2D eigenvalue weighted by Crippen LogP contribution is -2.22. The number of rotatable bonds is 5. The number of anilines is 2. The number of carbonyl (C=O) groups is 1. The third-order valence-corrected chi connectivity index (χ3v) is 5.63. The van der Waals surface area contributed by atoms with Gasteiger partial charge in [0.05, 0.1) is 5.39 Å². The molecule has 0 aliphatic heterocycles. The molecule has 0 bridgehead atoms. The number of amides is 1. The van der Waals surface area contributed by atoms with Crippen LogP contribution in [0, 0.1) is 0 Å². The van der Waals surface area contributed by atoms with Crippen molar-refractivity contribution < 1.29 is 4.79 Å². The van der Waals surface area contributed by atoms with Gasteiger partial charge in [0, 0.05) is 31.1 Å². The largest absolute Gasteiger partial charge is 0.342 e. The molecule has 0 radical (unpaired) electrons. The molecule has 0 aliphatic rings. The lowest BCUT2D eigenvalue weighted by atomic mass is 10.1. The second-order valence-corrected chi connectivity index (χ2v) is 7.65. The van der Waals surface area contributed by atoms with E-state index in [0.717, 1.165) is 32.2 Å². The highest BCUT2D eigenvalue weighted by Gasteiger charge is 2.11. The Labute approximate surface area is 167 Å². The van der Waals surface area contributed by atoms with E-state index in [1.165, 1.54) is 5.56 Å². The Hall–Kier alpha value is -3.25. The number of nitrogens with zero attached hydrogens (tertiary/aromatic N) is 3. The highest BCUT2D eigenvalue weighted by molar-refractivity contribution is 7.21. The maximum absolute atomic E-state index is 11.5. The number of benzene rings is 2. The first-order chi connectivity index (χ1) is 13.6. The molecule has 0 saturated heterocycles. The Morgan fingerprint density at radius 1 is 1.07 bits per heavy atom. The predicted molar refractivity (Wildman–Crippen MR) is 115 cm³/mol. The van der Waals surface area contributed by atoms with Crippen molar-refractivity contribution >= 4 is 39.0 Å². The molecule has 6 heteroatoms. The van der Waals surface area contributed by atoms with E-state index in [4.69, 9.17) is 0 Å². The van der Waals surface area contributed by atoms with Crippen LogP contribution in [0.5, 0.6) is 0 Å². The predicted octanol–water partition coefficient (Wildman–Crippen LogP) is 5.08. The van der Waals surface area contributed by atoms with Crippen molar-refractivity contribution in [2.45, 2.75) is 13.5 Å². The van der Waals surface area contributed by atoms with Crippen LogP contribution in [0.2, 0.25) is 0 Å². The van der Waals surface area contributed by atoms with Crippen LogP contribution in [0.3, 0.4) is 0 Å². The Balaban J connectivity index is 1.63. The SMILES string of the molecule is CC(=O)N(C)Cc1cccc(Nc2ncnc3sc(-c4ccccc4)cc23)c1. The summed E-state index contributed by atoms with van der Waals surface area (Å²) in [6, 6.07) is 20.4. The molecular formula is C22H20N4OS. The van der Waals surface area contributed by atoms with Gasteiger partial charge >= 0.3 is 0 Å². The van der Waals surface area contributed by atoms with E-state index in [0.29, 0.717) is 6.54 Å². The van der Waals surface area contributed by atoms with E-state index in [1.54, 1.807) is 36.5 Å². The number of nitrogens with one attached hydrogen (secondary N) is 1. The number of aromatic nitrogens is 2. The van der Waals surface area contributed by atoms with E-state index in [1.807, 2.05) is 42.5 Å². The average Bonchev–Trinajstić information content (AvgIpc) is 3.14. The monoisotopic (exact) mass is 388 g/mol. The summed E-state index contributed by atoms with van der Waals surface area (Å²) in [6.45, 7) is 2.14. The van der Waals surface area contributed by atoms with Crippen molar-refractivity contribution in [1.82, 2.24) is 14.9 Å². The first-order valence-electron chi connectivity index (χ1n) is 8.98. The van der Waals surface area contributed by atoms with Gasteiger partial charge in [-0.15, -0.1) is 11.3 Å². The molecule has 140 valence electrons. The van der Waals surface area contributed by atoms with Crippen LogP contribution in [0.15, 0.2) is 67.0 Å². The zero-order valence-corrected chi connectivity index (χ0v) is 16.5. The number of thiophene rings is 1. The van der Waals surface area contributed by atoms with Crippen molar-refractivity contribution in [3.05, 3.63) is 72.6 Å². The molecule has 0 spiro atoms. The van der Waals surface area contributed by atoms with Gasteiger partial charge in [0.15, 0.2) is 0 Å². The van der Waals surface area contributed by atoms with Gasteiger partial charge in [-0.2, -0.15) is 0 Å². The van der Waals surface area contributed by atoms with Gasteiger partial charge in [-0.1, -0.05) is 42.5 Å². The molecule has 28 heavy (non-hydrogen) atoms. The highest BCUT2D eigenvalue weighted by Crippen LogP contribution is 2.35. The first-order valence-corrected chi connectivity index (χ1v) is 9.79. The minimum Gasteiger partial charge on any atom is -0.342 e. The lowest BCUT2D eigenvalue weighted by molar-refractivity contribution is -0.128. The minimum atomic E-state index is 0.0441. The van der Waals surface area contributed by atoms with E-state index in [2.05, 4.69) is 33.5 Å². The van der Waals surface area contributed by atoms with Crippen molar-refractivity contribution in [1.29, 1.82) is 0 Å². The van der Waals surface area contributed by atoms with Crippen molar-refractivity contribution in [2.24, 2.45) is 0 Å². The van der Waals surface area contributed by atoms with Crippen molar-refractivity contribution in [2.75, 3.05) is 12.4 Å². The summed E-state index contributed by atoms with van der Waals surface area (Å²) in [5, 5.41) is 4.40. The third-order valence-electron chi connectivity index (χ3n) is 4.53. The van der Waals surface area contributed by atoms with Crippen LogP contribution in [-0.2, 0) is 11.3 Å². The fraction of sp³-hybridized carbons (Fsp3) is 0.136. The summed E-state index contributed by atoms with van der Waals surface area (Å²) in [5.41, 5.74) is 3.16. The molecule has 0 atom stereocenters. The van der Waals surface area contributed by atoms with Gasteiger partial charge < -0.3 is 10.2 Å². The zero-order valence-electron chi connectivity index (χ0n) is 15.7. The maximum Gasteiger partial charge on any atom is 0.219 e. The van der Waals surface area contributed by atoms with Crippen LogP contribution in [0.4, 0.5) is 11.5 Å². The van der Waals surface area contributed by atoms with Gasteiger partial charge in [-0.05, 0) is 29.3 Å². The fourth-order valence-corrected chi connectivity index (χ4v) is 3.97. The number of hydrogen-bond donors (Lipinski definition) is 1. The van der Waals surface area contributed by atoms with E-state index in [-0.39, 0.29) is 5.91 Å². The van der Waals surface area contributed by atoms with Gasteiger partial charge in [-0.3, -0.25) is 4.79 Å². The van der Waals surface area contributed by atoms with Gasteiger partial charge in [0.2, 0.25) is 5.91 Å². The quantitative estimate of drug-likeness (QED) is 0.518. The summed E-state index contributed by atoms with van der Waals surface area (Å²) < 4.78 is 0. The molecule has 4 aromatic rings. The molecule has 1 amide bonds. The van der Waals surface area contributed by atoms with Gasteiger partial charge in [-0.25, -0.2) is 9.97 Å². The first kappa shape index (κ1) is 18.1. The summed E-state index contributed by atoms with van der Waals surface area (Å²) in [7, 11) is 1.80. The summed E-state index contributed by atoms with van der Waals surface area (Å²) in [4.78, 5) is 24.2. The molecular weight excluding hydrogens is 368 g/mol. The van der Waals surface area contributed by atoms with E-state index in [9.17, 15) is 4.79 Å². The number of hydrogen-bond acceptors (Lipinski definition) is 5. The molecule has 5 nitrogen and oxygen atoms in total. The van der Waals surface area contributed by atoms with E-state index >= 15 is 0 Å². The normalized spacial score (nSPS) is 10.8. The number of carbonyl (C=O) groups excluding carboxylic acids is 1. The average molecular weight is 388 g/mol. The summed E-state index contributed by atoms with van der Waals surface area (Å²) in [5.74, 6) is 0.822. The standard InChI is InChI=1S/C22H20N4OS/c1-15(27)26(2)13-16-7-6-10-18(11-16)25-21-19-12-20(17-8-4-3-5-9-17)28-22(19)24-14-23-21/h3-12,14H,13H2,1-2H3,(H,23,24,25). The molecule has 0 unspecified atom stereocenters. The van der Waals surface area contributed by atoms with E-state index < -0.39 is 0 Å². The van der Waals surface area contributed by atoms with Crippen LogP contribution in [-0.4, -0.2) is 27.8 Å². The van der Waals surface area contributed by atoms with Crippen molar-refractivity contribution in [3.8, 4) is 10.4 Å². The smallest absolute Gasteiger partial charge is 0.219 e. The van der Waals surface area contributed by atoms with Crippen LogP contribution in [0.25, 0.3) is 20.7 Å². The topological polar surface area (TPSA) is 58.1 Å². The minimum absolute atomic E-state index is 0.0441. The van der Waals surface area contributed by atoms with Gasteiger partial charge in [0.25, 0.3) is 0 Å². The van der Waals surface area contributed by atoms with Crippen LogP contribution >= 0.6 is 11.3 Å². The fourth-order valence-electron chi connectivity index (χ4n) is 2.97. The summed E-state index contributed by atoms with van der Waals surface area (Å²) >= 11 is 1.65. The zero-order chi connectivity index (χ0) is 19.5. The molecule has 2 heterocycles. The highest BCUT2D eigenvalue weighted by atomic mass is 32.1. The van der Waals surface area contributed by atoms with Crippen molar-refractivity contribution in [3.63, 3.8) is 0 Å². The van der Waals surface area contributed by atoms with Gasteiger partial charge in [0.1, 0.15) is 17.0 Å². The van der Waals surface area contributed by atoms with Crippen LogP contribution in [0.1, 0.15) is 12.5 Å². The molecule has 4 rings (SSSR count). The van der Waals surface area contributed by atoms with Crippen LogP contribution < -0.4 is 5.32 Å². The third kappa shape index (κ3) is 3.87. The second-order valence-electron chi connectivity index (χ2n) is 6.62. The Bertz CT molecular complexity index is 1120. The summed E-state index contributed by atoms with van der Waals surface area (Å²) in [6.07, 6.45) is 1.59. The Morgan fingerprint density at radius 2 is 1.89 bits per heavy atom.